The Morgan fingerprint density at radius 2 is 2.00 bits per heavy atom. The lowest BCUT2D eigenvalue weighted by molar-refractivity contribution is -0.127. The van der Waals surface area contributed by atoms with Gasteiger partial charge in [-0.15, -0.1) is 0 Å². The largest absolute Gasteiger partial charge is 0.493 e. The van der Waals surface area contributed by atoms with E-state index >= 15 is 0 Å². The van der Waals surface area contributed by atoms with Gasteiger partial charge in [0.2, 0.25) is 0 Å². The lowest BCUT2D eigenvalue weighted by atomic mass is 10.2. The summed E-state index contributed by atoms with van der Waals surface area (Å²) in [5.74, 6) is 0.968. The van der Waals surface area contributed by atoms with Crippen molar-refractivity contribution in [3.05, 3.63) is 57.0 Å². The first kappa shape index (κ1) is 20.5. The highest BCUT2D eigenvalue weighted by Gasteiger charge is 2.15. The molecule has 0 radical (unpaired) electrons. The Balaban J connectivity index is 1.98. The average Bonchev–Trinajstić information content (AvgIpc) is 2.62. The van der Waals surface area contributed by atoms with Gasteiger partial charge >= 0.3 is 0 Å². The molecular formula is C19H20Br2N2O3. The van der Waals surface area contributed by atoms with Gasteiger partial charge in [-0.1, -0.05) is 35.0 Å². The van der Waals surface area contributed by atoms with E-state index in [1.54, 1.807) is 19.2 Å². The van der Waals surface area contributed by atoms with Crippen molar-refractivity contribution in [3.8, 4) is 11.5 Å². The van der Waals surface area contributed by atoms with Crippen molar-refractivity contribution in [2.45, 2.75) is 26.4 Å². The molecule has 26 heavy (non-hydrogen) atoms. The maximum Gasteiger partial charge on any atom is 0.280 e. The maximum atomic E-state index is 12.2. The third kappa shape index (κ3) is 6.14. The van der Waals surface area contributed by atoms with Gasteiger partial charge in [-0.25, -0.2) is 5.43 Å². The number of hydrogen-bond donors (Lipinski definition) is 1. The van der Waals surface area contributed by atoms with Crippen molar-refractivity contribution in [1.29, 1.82) is 0 Å². The first-order valence-electron chi connectivity index (χ1n) is 8.17. The molecule has 0 aliphatic heterocycles. The molecule has 0 fully saturated rings. The van der Waals surface area contributed by atoms with E-state index in [2.05, 4.69) is 42.4 Å². The molecule has 0 aliphatic rings. The van der Waals surface area contributed by atoms with Gasteiger partial charge in [-0.2, -0.15) is 5.10 Å². The Morgan fingerprint density at radius 1 is 1.23 bits per heavy atom. The summed E-state index contributed by atoms with van der Waals surface area (Å²) in [5, 5.41) is 4.02. The Bertz CT molecular complexity index is 781. The first-order valence-corrected chi connectivity index (χ1v) is 9.76. The summed E-state index contributed by atoms with van der Waals surface area (Å²) >= 11 is 6.81. The van der Waals surface area contributed by atoms with E-state index in [0.717, 1.165) is 20.9 Å². The summed E-state index contributed by atoms with van der Waals surface area (Å²) in [4.78, 5) is 12.2. The first-order chi connectivity index (χ1) is 12.5. The fraction of sp³-hybridized carbons (Fsp3) is 0.263. The normalized spacial score (nSPS) is 12.0. The summed E-state index contributed by atoms with van der Waals surface area (Å²) in [7, 11) is 0. The van der Waals surface area contributed by atoms with Gasteiger partial charge in [0, 0.05) is 10.0 Å². The monoisotopic (exact) mass is 482 g/mol. The molecule has 0 saturated heterocycles. The molecule has 1 atom stereocenters. The van der Waals surface area contributed by atoms with Crippen LogP contribution in [0.2, 0.25) is 0 Å². The van der Waals surface area contributed by atoms with Crippen molar-refractivity contribution < 1.29 is 14.3 Å². The number of amides is 1. The summed E-state index contributed by atoms with van der Waals surface area (Å²) < 4.78 is 13.0. The van der Waals surface area contributed by atoms with Crippen LogP contribution in [0.15, 0.2) is 56.5 Å². The zero-order valence-corrected chi connectivity index (χ0v) is 17.7. The summed E-state index contributed by atoms with van der Waals surface area (Å²) in [6.07, 6.45) is 1.77. The van der Waals surface area contributed by atoms with Crippen LogP contribution in [0.1, 0.15) is 25.8 Å². The van der Waals surface area contributed by atoms with Crippen molar-refractivity contribution in [2.24, 2.45) is 5.10 Å². The van der Waals surface area contributed by atoms with Gasteiger partial charge in [-0.3, -0.25) is 4.79 Å². The van der Waals surface area contributed by atoms with Crippen LogP contribution in [-0.4, -0.2) is 24.8 Å². The van der Waals surface area contributed by atoms with Crippen molar-refractivity contribution >= 4 is 44.0 Å². The second-order valence-electron chi connectivity index (χ2n) is 5.46. The number of carbonyl (C=O) groups excluding carboxylic acids is 1. The smallest absolute Gasteiger partial charge is 0.280 e. The van der Waals surface area contributed by atoms with Gasteiger partial charge in [0.05, 0.1) is 17.3 Å². The molecular weight excluding hydrogens is 464 g/mol. The minimum absolute atomic E-state index is 0.344. The molecule has 1 amide bonds. The number of para-hydroxylation sites is 1. The SMILES string of the molecule is CCCOc1ccc(Br)cc1/C=N\NC(=O)[C@@H](C)Oc1ccccc1Br. The highest BCUT2D eigenvalue weighted by molar-refractivity contribution is 9.10. The molecule has 0 aromatic heterocycles. The Kier molecular flexibility index (Phi) is 8.12. The number of hydrazone groups is 1. The number of rotatable bonds is 8. The third-order valence-corrected chi connectivity index (χ3v) is 4.47. The van der Waals surface area contributed by atoms with Gasteiger partial charge in [-0.05, 0) is 59.6 Å². The molecule has 0 aliphatic carbocycles. The second-order valence-corrected chi connectivity index (χ2v) is 7.23. The molecule has 138 valence electrons. The van der Waals surface area contributed by atoms with Crippen LogP contribution < -0.4 is 14.9 Å². The highest BCUT2D eigenvalue weighted by Crippen LogP contribution is 2.25. The Morgan fingerprint density at radius 3 is 2.73 bits per heavy atom. The van der Waals surface area contributed by atoms with Crippen molar-refractivity contribution in [2.75, 3.05) is 6.61 Å². The highest BCUT2D eigenvalue weighted by atomic mass is 79.9. The number of nitrogens with one attached hydrogen (secondary N) is 1. The zero-order chi connectivity index (χ0) is 18.9. The minimum atomic E-state index is -0.691. The van der Waals surface area contributed by atoms with Crippen LogP contribution in [-0.2, 0) is 4.79 Å². The van der Waals surface area contributed by atoms with E-state index in [0.29, 0.717) is 18.1 Å². The van der Waals surface area contributed by atoms with Crippen LogP contribution in [0.25, 0.3) is 0 Å². The Labute approximate surface area is 170 Å². The van der Waals surface area contributed by atoms with Gasteiger partial charge in [0.15, 0.2) is 6.10 Å². The predicted octanol–water partition coefficient (Wildman–Crippen LogP) is 4.92. The van der Waals surface area contributed by atoms with Crippen LogP contribution in [0.3, 0.4) is 0 Å². The molecule has 2 aromatic carbocycles. The summed E-state index contributed by atoms with van der Waals surface area (Å²) in [6.45, 7) is 4.32. The fourth-order valence-electron chi connectivity index (χ4n) is 2.00. The molecule has 0 saturated carbocycles. The summed E-state index contributed by atoms with van der Waals surface area (Å²) in [5.41, 5.74) is 3.26. The number of hydrogen-bond acceptors (Lipinski definition) is 4. The number of ether oxygens (including phenoxy) is 2. The molecule has 2 rings (SSSR count). The van der Waals surface area contributed by atoms with Gasteiger partial charge in [0.25, 0.3) is 5.91 Å². The Hall–Kier alpha value is -1.86. The van der Waals surface area contributed by atoms with E-state index in [1.165, 1.54) is 0 Å². The number of nitrogens with zero attached hydrogens (tertiary/aromatic N) is 1. The van der Waals surface area contributed by atoms with Crippen LogP contribution >= 0.6 is 31.9 Å². The van der Waals surface area contributed by atoms with E-state index in [9.17, 15) is 4.79 Å². The molecule has 0 unspecified atom stereocenters. The number of carbonyl (C=O) groups is 1. The molecule has 0 heterocycles. The predicted molar refractivity (Wildman–Crippen MR) is 110 cm³/mol. The molecule has 2 aromatic rings. The molecule has 0 spiro atoms. The minimum Gasteiger partial charge on any atom is -0.493 e. The molecule has 5 nitrogen and oxygen atoms in total. The molecule has 1 N–H and O–H groups in total. The lowest BCUT2D eigenvalue weighted by Gasteiger charge is -2.14. The number of benzene rings is 2. The van der Waals surface area contributed by atoms with Crippen LogP contribution in [0.5, 0.6) is 11.5 Å². The summed E-state index contributed by atoms with van der Waals surface area (Å²) in [6, 6.07) is 13.0. The van der Waals surface area contributed by atoms with Gasteiger partial charge in [0.1, 0.15) is 11.5 Å². The maximum absolute atomic E-state index is 12.2. The lowest BCUT2D eigenvalue weighted by Crippen LogP contribution is -2.33. The molecule has 0 bridgehead atoms. The zero-order valence-electron chi connectivity index (χ0n) is 14.5. The fourth-order valence-corrected chi connectivity index (χ4v) is 2.76. The van der Waals surface area contributed by atoms with E-state index in [1.807, 2.05) is 43.3 Å². The van der Waals surface area contributed by atoms with Crippen molar-refractivity contribution in [1.82, 2.24) is 5.43 Å². The van der Waals surface area contributed by atoms with Gasteiger partial charge < -0.3 is 9.47 Å². The quantitative estimate of drug-likeness (QED) is 0.428. The second kappa shape index (κ2) is 10.3. The standard InChI is InChI=1S/C19H20Br2N2O3/c1-3-10-25-17-9-8-15(20)11-14(17)12-22-23-19(24)13(2)26-18-7-5-4-6-16(18)21/h4-9,11-13H,3,10H2,1-2H3,(H,23,24)/b22-12-/t13-/m1/s1. The van der Waals surface area contributed by atoms with Crippen molar-refractivity contribution in [3.63, 3.8) is 0 Å². The van der Waals surface area contributed by atoms with E-state index in [4.69, 9.17) is 9.47 Å². The third-order valence-electron chi connectivity index (χ3n) is 3.32. The topological polar surface area (TPSA) is 59.9 Å². The van der Waals surface area contributed by atoms with E-state index < -0.39 is 6.10 Å². The molecule has 7 heteroatoms. The van der Waals surface area contributed by atoms with Crippen LogP contribution in [0.4, 0.5) is 0 Å². The van der Waals surface area contributed by atoms with E-state index in [-0.39, 0.29) is 5.91 Å². The van der Waals surface area contributed by atoms with Crippen LogP contribution in [0, 0.1) is 0 Å². The number of halogens is 2. The average molecular weight is 484 g/mol.